The van der Waals surface area contributed by atoms with Crippen molar-refractivity contribution in [2.75, 3.05) is 56.2 Å². The Morgan fingerprint density at radius 3 is 2.71 bits per heavy atom. The lowest BCUT2D eigenvalue weighted by molar-refractivity contribution is 0.0740. The molecule has 2 aliphatic heterocycles. The molecule has 2 aromatic rings. The summed E-state index contributed by atoms with van der Waals surface area (Å²) in [6, 6.07) is 7.44. The summed E-state index contributed by atoms with van der Waals surface area (Å²) in [5.74, 6) is -1.74. The Labute approximate surface area is 200 Å². The van der Waals surface area contributed by atoms with Crippen LogP contribution in [0.15, 0.2) is 36.5 Å². The van der Waals surface area contributed by atoms with E-state index >= 15 is 0 Å². The first-order valence-corrected chi connectivity index (χ1v) is 11.0. The van der Waals surface area contributed by atoms with Crippen molar-refractivity contribution >= 4 is 40.8 Å². The van der Waals surface area contributed by atoms with Crippen LogP contribution in [0.5, 0.6) is 0 Å². The number of amides is 2. The lowest BCUT2D eigenvalue weighted by Crippen LogP contribution is -2.49. The number of nitrogens with one attached hydrogen (secondary N) is 1. The van der Waals surface area contributed by atoms with Crippen LogP contribution in [0.25, 0.3) is 0 Å². The molecule has 0 aliphatic carbocycles. The van der Waals surface area contributed by atoms with Crippen LogP contribution in [0, 0.1) is 11.8 Å². The van der Waals surface area contributed by atoms with E-state index < -0.39 is 29.9 Å². The first-order chi connectivity index (χ1) is 16.4. The van der Waals surface area contributed by atoms with Crippen molar-refractivity contribution in [3.63, 3.8) is 0 Å². The highest BCUT2D eigenvalue weighted by Gasteiger charge is 2.33. The van der Waals surface area contributed by atoms with E-state index in [1.807, 2.05) is 4.90 Å². The van der Waals surface area contributed by atoms with Gasteiger partial charge in [-0.25, -0.2) is 14.2 Å². The summed E-state index contributed by atoms with van der Waals surface area (Å²) in [7, 11) is 1.44. The van der Waals surface area contributed by atoms with E-state index in [0.29, 0.717) is 37.6 Å². The minimum atomic E-state index is -0.809. The molecule has 1 unspecified atom stereocenters. The predicted octanol–water partition coefficient (Wildman–Crippen LogP) is 2.17. The number of carbonyl (C=O) groups is 2. The molecule has 2 amide bonds. The third-order valence-corrected chi connectivity index (χ3v) is 5.98. The summed E-state index contributed by atoms with van der Waals surface area (Å²) in [5.41, 5.74) is 0.657. The zero-order valence-electron chi connectivity index (χ0n) is 18.4. The fraction of sp³-hybridized carbons (Fsp3) is 0.364. The van der Waals surface area contributed by atoms with Crippen molar-refractivity contribution in [2.45, 2.75) is 6.10 Å². The molecule has 0 saturated carbocycles. The molecular formula is C22H23F2N5O4S. The van der Waals surface area contributed by atoms with Gasteiger partial charge in [0.05, 0.1) is 37.1 Å². The third-order valence-electron chi connectivity index (χ3n) is 5.67. The first-order valence-electron chi connectivity index (χ1n) is 10.6. The van der Waals surface area contributed by atoms with E-state index in [9.17, 15) is 18.4 Å². The number of pyridine rings is 1. The molecule has 1 N–H and O–H groups in total. The second-order valence-corrected chi connectivity index (χ2v) is 8.12. The fourth-order valence-electron chi connectivity index (χ4n) is 3.89. The van der Waals surface area contributed by atoms with Crippen LogP contribution in [0.2, 0.25) is 0 Å². The number of nitrogens with zero attached hydrogens (tertiary/aromatic N) is 4. The van der Waals surface area contributed by atoms with Crippen LogP contribution in [0.4, 0.5) is 25.0 Å². The van der Waals surface area contributed by atoms with Gasteiger partial charge in [0, 0.05) is 32.4 Å². The van der Waals surface area contributed by atoms with Gasteiger partial charge in [0.25, 0.3) is 11.1 Å². The average molecular weight is 492 g/mol. The van der Waals surface area contributed by atoms with E-state index in [-0.39, 0.29) is 23.8 Å². The quantitative estimate of drug-likeness (QED) is 0.503. The molecule has 1 atom stereocenters. The minimum Gasteiger partial charge on any atom is -0.474 e. The molecule has 0 spiro atoms. The lowest BCUT2D eigenvalue weighted by Gasteiger charge is -2.36. The molecule has 2 fully saturated rings. The maximum Gasteiger partial charge on any atom is 0.414 e. The zero-order chi connectivity index (χ0) is 24.2. The SMILES string of the molecule is COC(=S)NCC1CN(c2ccc(N3CCN(C(=O)c4cccnc4F)CC3)c(F)c2)C(=O)O1. The molecule has 12 heteroatoms. The topological polar surface area (TPSA) is 87.2 Å². The van der Waals surface area contributed by atoms with Gasteiger partial charge < -0.3 is 24.6 Å². The molecular weight excluding hydrogens is 468 g/mol. The number of thiocarbonyl (C=S) groups is 1. The van der Waals surface area contributed by atoms with E-state index in [1.165, 1.54) is 41.3 Å². The summed E-state index contributed by atoms with van der Waals surface area (Å²) in [6.45, 7) is 1.89. The number of anilines is 2. The standard InChI is InChI=1S/C22H23F2N5O4S/c1-32-21(34)26-12-15-13-29(22(31)33-15)14-4-5-18(17(23)11-14)27-7-9-28(10-8-27)20(30)16-3-2-6-25-19(16)24/h2-6,11,15H,7-10,12-13H2,1H3,(H,26,34). The van der Waals surface area contributed by atoms with E-state index in [0.717, 1.165) is 0 Å². The van der Waals surface area contributed by atoms with Crippen LogP contribution in [-0.2, 0) is 9.47 Å². The molecule has 180 valence electrons. The fourth-order valence-corrected chi connectivity index (χ4v) is 3.98. The highest BCUT2D eigenvalue weighted by atomic mass is 32.1. The van der Waals surface area contributed by atoms with Crippen LogP contribution < -0.4 is 15.1 Å². The number of piperazine rings is 1. The van der Waals surface area contributed by atoms with Gasteiger partial charge in [0.2, 0.25) is 5.95 Å². The normalized spacial score (nSPS) is 18.0. The smallest absolute Gasteiger partial charge is 0.414 e. The summed E-state index contributed by atoms with van der Waals surface area (Å²) in [5, 5.41) is 3.02. The number of halogens is 2. The molecule has 0 bridgehead atoms. The highest BCUT2D eigenvalue weighted by Crippen LogP contribution is 2.28. The van der Waals surface area contributed by atoms with E-state index in [2.05, 4.69) is 10.3 Å². The second-order valence-electron chi connectivity index (χ2n) is 7.75. The molecule has 1 aromatic heterocycles. The number of benzene rings is 1. The van der Waals surface area contributed by atoms with Gasteiger partial charge in [-0.3, -0.25) is 9.69 Å². The van der Waals surface area contributed by atoms with Gasteiger partial charge in [0.15, 0.2) is 0 Å². The number of rotatable bonds is 5. The average Bonchev–Trinajstić information content (AvgIpc) is 3.23. The zero-order valence-corrected chi connectivity index (χ0v) is 19.2. The first kappa shape index (κ1) is 23.6. The summed E-state index contributed by atoms with van der Waals surface area (Å²) in [6.07, 6.45) is 0.252. The Bertz CT molecular complexity index is 1100. The molecule has 9 nitrogen and oxygen atoms in total. The van der Waals surface area contributed by atoms with Gasteiger partial charge in [-0.2, -0.15) is 4.39 Å². The Hall–Kier alpha value is -3.54. The number of aromatic nitrogens is 1. The second kappa shape index (κ2) is 10.2. The maximum absolute atomic E-state index is 15.0. The summed E-state index contributed by atoms with van der Waals surface area (Å²) < 4.78 is 39.0. The van der Waals surface area contributed by atoms with Crippen LogP contribution in [0.1, 0.15) is 10.4 Å². The van der Waals surface area contributed by atoms with Gasteiger partial charge in [-0.15, -0.1) is 0 Å². The van der Waals surface area contributed by atoms with Gasteiger partial charge >= 0.3 is 6.09 Å². The predicted molar refractivity (Wildman–Crippen MR) is 124 cm³/mol. The number of hydrogen-bond donors (Lipinski definition) is 1. The number of ether oxygens (including phenoxy) is 2. The summed E-state index contributed by atoms with van der Waals surface area (Å²) >= 11 is 4.90. The molecule has 0 radical (unpaired) electrons. The van der Waals surface area contributed by atoms with E-state index in [4.69, 9.17) is 21.7 Å². The maximum atomic E-state index is 15.0. The van der Waals surface area contributed by atoms with Crippen LogP contribution in [0.3, 0.4) is 0 Å². The monoisotopic (exact) mass is 491 g/mol. The molecule has 1 aromatic carbocycles. The van der Waals surface area contributed by atoms with Crippen molar-refractivity contribution < 1.29 is 27.8 Å². The Morgan fingerprint density at radius 1 is 1.26 bits per heavy atom. The van der Waals surface area contributed by atoms with Crippen molar-refractivity contribution in [3.05, 3.63) is 53.9 Å². The number of carbonyl (C=O) groups excluding carboxylic acids is 2. The third kappa shape index (κ3) is 5.01. The van der Waals surface area contributed by atoms with E-state index in [1.54, 1.807) is 12.1 Å². The molecule has 4 rings (SSSR count). The minimum absolute atomic E-state index is 0.0819. The Balaban J connectivity index is 1.37. The van der Waals surface area contributed by atoms with Crippen LogP contribution >= 0.6 is 12.2 Å². The molecule has 34 heavy (non-hydrogen) atoms. The molecule has 2 saturated heterocycles. The molecule has 2 aliphatic rings. The molecule has 3 heterocycles. The van der Waals surface area contributed by atoms with Gasteiger partial charge in [-0.1, -0.05) is 0 Å². The van der Waals surface area contributed by atoms with Crippen molar-refractivity contribution in [1.82, 2.24) is 15.2 Å². The highest BCUT2D eigenvalue weighted by molar-refractivity contribution is 7.80. The van der Waals surface area contributed by atoms with Crippen molar-refractivity contribution in [1.29, 1.82) is 0 Å². The number of cyclic esters (lactones) is 1. The van der Waals surface area contributed by atoms with Crippen molar-refractivity contribution in [2.24, 2.45) is 0 Å². The lowest BCUT2D eigenvalue weighted by atomic mass is 10.2. The largest absolute Gasteiger partial charge is 0.474 e. The van der Waals surface area contributed by atoms with Crippen LogP contribution in [-0.4, -0.2) is 79.5 Å². The Morgan fingerprint density at radius 2 is 2.03 bits per heavy atom. The number of methoxy groups -OCH3 is 1. The Kier molecular flexibility index (Phi) is 7.06. The van der Waals surface area contributed by atoms with Gasteiger partial charge in [0.1, 0.15) is 11.9 Å². The summed E-state index contributed by atoms with van der Waals surface area (Å²) in [4.78, 5) is 33.0. The number of hydrogen-bond acceptors (Lipinski definition) is 7. The van der Waals surface area contributed by atoms with Crippen molar-refractivity contribution in [3.8, 4) is 0 Å². The van der Waals surface area contributed by atoms with Gasteiger partial charge in [-0.05, 0) is 42.5 Å².